The number of halogens is 4. The highest BCUT2D eigenvalue weighted by molar-refractivity contribution is 5.94. The van der Waals surface area contributed by atoms with Crippen molar-refractivity contribution in [1.82, 2.24) is 14.7 Å². The smallest absolute Gasteiger partial charge is 0.369 e. The molecule has 0 saturated carbocycles. The quantitative estimate of drug-likeness (QED) is 0.407. The molecule has 5 rings (SSSR count). The molecule has 10 heteroatoms. The normalized spacial score (nSPS) is 18.7. The zero-order chi connectivity index (χ0) is 26.3. The molecule has 0 radical (unpaired) electrons. The summed E-state index contributed by atoms with van der Waals surface area (Å²) < 4.78 is 57.2. The van der Waals surface area contributed by atoms with Crippen LogP contribution in [0.5, 0.6) is 0 Å². The Kier molecular flexibility index (Phi) is 6.59. The van der Waals surface area contributed by atoms with E-state index in [2.05, 4.69) is 5.10 Å². The second-order valence-electron chi connectivity index (χ2n) is 9.78. The van der Waals surface area contributed by atoms with Gasteiger partial charge in [-0.1, -0.05) is 30.3 Å². The van der Waals surface area contributed by atoms with E-state index in [-0.39, 0.29) is 30.0 Å². The fraction of sp³-hybridized carbons (Fsp3) is 0.407. The number of benzene rings is 2. The van der Waals surface area contributed by atoms with Crippen LogP contribution in [-0.4, -0.2) is 39.8 Å². The van der Waals surface area contributed by atoms with Gasteiger partial charge in [0.25, 0.3) is 0 Å². The van der Waals surface area contributed by atoms with Crippen molar-refractivity contribution in [2.24, 2.45) is 7.05 Å². The van der Waals surface area contributed by atoms with E-state index in [1.165, 1.54) is 23.1 Å². The number of rotatable bonds is 4. The van der Waals surface area contributed by atoms with Crippen molar-refractivity contribution >= 4 is 17.5 Å². The molecule has 1 atom stereocenters. The summed E-state index contributed by atoms with van der Waals surface area (Å²) in [6.07, 6.45) is -0.611. The molecule has 3 heterocycles. The van der Waals surface area contributed by atoms with E-state index in [0.29, 0.717) is 37.6 Å². The zero-order valence-electron chi connectivity index (χ0n) is 20.8. The van der Waals surface area contributed by atoms with Gasteiger partial charge in [0.1, 0.15) is 5.82 Å². The van der Waals surface area contributed by atoms with Crippen molar-refractivity contribution < 1.29 is 22.4 Å². The van der Waals surface area contributed by atoms with Gasteiger partial charge in [-0.05, 0) is 49.4 Å². The Labute approximate surface area is 213 Å². The summed E-state index contributed by atoms with van der Waals surface area (Å²) in [6, 6.07) is 9.87. The number of aromatic nitrogens is 2. The van der Waals surface area contributed by atoms with Gasteiger partial charge in [-0.15, -0.1) is 0 Å². The number of hydrogen-bond donors (Lipinski definition) is 0. The third kappa shape index (κ3) is 4.89. The Morgan fingerprint density at radius 1 is 1.05 bits per heavy atom. The lowest BCUT2D eigenvalue weighted by Gasteiger charge is -2.39. The molecule has 1 fully saturated rings. The SMILES string of the molecule is Cc1cccc(F)c1N1CCC[C@H](N2Cc3cn(C)nc3N(Cc3ccccc3C(F)(F)F)C2=O)CC1. The van der Waals surface area contributed by atoms with Crippen molar-refractivity contribution in [1.29, 1.82) is 0 Å². The van der Waals surface area contributed by atoms with E-state index in [1.807, 2.05) is 24.1 Å². The monoisotopic (exact) mass is 515 g/mol. The van der Waals surface area contributed by atoms with Crippen LogP contribution in [0.4, 0.5) is 33.9 Å². The van der Waals surface area contributed by atoms with Gasteiger partial charge in [0.2, 0.25) is 0 Å². The maximum absolute atomic E-state index is 14.6. The van der Waals surface area contributed by atoms with Gasteiger partial charge in [-0.3, -0.25) is 9.58 Å². The molecule has 37 heavy (non-hydrogen) atoms. The van der Waals surface area contributed by atoms with Crippen molar-refractivity contribution in [3.63, 3.8) is 0 Å². The predicted molar refractivity (Wildman–Crippen MR) is 133 cm³/mol. The summed E-state index contributed by atoms with van der Waals surface area (Å²) >= 11 is 0. The second kappa shape index (κ2) is 9.72. The summed E-state index contributed by atoms with van der Waals surface area (Å²) in [6.45, 7) is 3.23. The van der Waals surface area contributed by atoms with Crippen LogP contribution in [0.25, 0.3) is 0 Å². The first-order valence-corrected chi connectivity index (χ1v) is 12.4. The Morgan fingerprint density at radius 2 is 1.84 bits per heavy atom. The number of alkyl halides is 3. The molecule has 1 aromatic heterocycles. The fourth-order valence-corrected chi connectivity index (χ4v) is 5.53. The number of anilines is 2. The Morgan fingerprint density at radius 3 is 2.59 bits per heavy atom. The van der Waals surface area contributed by atoms with Crippen molar-refractivity contribution in [2.45, 2.75) is 51.5 Å². The standard InChI is InChI=1S/C27H29F4N5O/c1-18-7-5-11-23(28)24(18)34-13-6-9-21(12-14-34)35-17-20-15-33(2)32-25(20)36(26(35)37)16-19-8-3-4-10-22(19)27(29,30)31/h3-5,7-8,10-11,15,21H,6,9,12-14,16-17H2,1-2H3/t21-/m0/s1. The summed E-state index contributed by atoms with van der Waals surface area (Å²) in [5.74, 6) is 0.125. The fourth-order valence-electron chi connectivity index (χ4n) is 5.53. The van der Waals surface area contributed by atoms with Gasteiger partial charge in [-0.2, -0.15) is 18.3 Å². The molecule has 2 aliphatic rings. The zero-order valence-corrected chi connectivity index (χ0v) is 20.8. The number of fused-ring (bicyclic) bond motifs is 1. The first-order chi connectivity index (χ1) is 17.6. The lowest BCUT2D eigenvalue weighted by atomic mass is 10.0. The Bertz CT molecular complexity index is 1280. The number of aryl methyl sites for hydroxylation is 2. The van der Waals surface area contributed by atoms with Gasteiger partial charge < -0.3 is 9.80 Å². The molecule has 1 saturated heterocycles. The maximum atomic E-state index is 14.6. The second-order valence-corrected chi connectivity index (χ2v) is 9.78. The number of hydrogen-bond acceptors (Lipinski definition) is 3. The summed E-state index contributed by atoms with van der Waals surface area (Å²) in [4.78, 5) is 18.9. The molecule has 196 valence electrons. The molecule has 0 spiro atoms. The molecule has 0 aliphatic carbocycles. The van der Waals surface area contributed by atoms with Crippen LogP contribution in [0.15, 0.2) is 48.7 Å². The number of amides is 2. The molecule has 2 amide bonds. The maximum Gasteiger partial charge on any atom is 0.416 e. The van der Waals surface area contributed by atoms with Crippen LogP contribution in [0, 0.1) is 12.7 Å². The van der Waals surface area contributed by atoms with Crippen LogP contribution < -0.4 is 9.80 Å². The minimum Gasteiger partial charge on any atom is -0.369 e. The number of urea groups is 1. The van der Waals surface area contributed by atoms with E-state index < -0.39 is 11.7 Å². The van der Waals surface area contributed by atoms with Crippen molar-refractivity contribution in [3.05, 3.63) is 76.7 Å². The lowest BCUT2D eigenvalue weighted by molar-refractivity contribution is -0.138. The third-order valence-electron chi connectivity index (χ3n) is 7.25. The molecule has 0 N–H and O–H groups in total. The van der Waals surface area contributed by atoms with E-state index in [1.54, 1.807) is 28.8 Å². The van der Waals surface area contributed by atoms with Crippen LogP contribution in [0.3, 0.4) is 0 Å². The number of carbonyl (C=O) groups excluding carboxylic acids is 1. The topological polar surface area (TPSA) is 44.6 Å². The first-order valence-electron chi connectivity index (χ1n) is 12.4. The minimum absolute atomic E-state index is 0.0175. The third-order valence-corrected chi connectivity index (χ3v) is 7.25. The van der Waals surface area contributed by atoms with E-state index in [9.17, 15) is 22.4 Å². The van der Waals surface area contributed by atoms with Gasteiger partial charge >= 0.3 is 12.2 Å². The highest BCUT2D eigenvalue weighted by Gasteiger charge is 2.39. The number of para-hydroxylation sites is 1. The van der Waals surface area contributed by atoms with Crippen molar-refractivity contribution in [3.8, 4) is 0 Å². The van der Waals surface area contributed by atoms with Crippen LogP contribution in [-0.2, 0) is 26.3 Å². The highest BCUT2D eigenvalue weighted by Crippen LogP contribution is 2.36. The van der Waals surface area contributed by atoms with Crippen LogP contribution >= 0.6 is 0 Å². The molecular formula is C27H29F4N5O. The largest absolute Gasteiger partial charge is 0.416 e. The molecule has 0 unspecified atom stereocenters. The number of carbonyl (C=O) groups is 1. The van der Waals surface area contributed by atoms with Gasteiger partial charge in [0, 0.05) is 37.9 Å². The van der Waals surface area contributed by atoms with E-state index in [4.69, 9.17) is 0 Å². The first kappa shape index (κ1) is 25.1. The van der Waals surface area contributed by atoms with Gasteiger partial charge in [-0.25, -0.2) is 9.18 Å². The van der Waals surface area contributed by atoms with E-state index >= 15 is 0 Å². The molecule has 0 bridgehead atoms. The molecular weight excluding hydrogens is 486 g/mol. The summed E-state index contributed by atoms with van der Waals surface area (Å²) in [5, 5.41) is 4.40. The van der Waals surface area contributed by atoms with Gasteiger partial charge in [0.05, 0.1) is 24.3 Å². The average Bonchev–Trinajstić information content (AvgIpc) is 3.05. The van der Waals surface area contributed by atoms with Gasteiger partial charge in [0.15, 0.2) is 5.82 Å². The lowest BCUT2D eigenvalue weighted by Crippen LogP contribution is -2.51. The number of nitrogens with zero attached hydrogens (tertiary/aromatic N) is 5. The van der Waals surface area contributed by atoms with Crippen LogP contribution in [0.2, 0.25) is 0 Å². The molecule has 6 nitrogen and oxygen atoms in total. The summed E-state index contributed by atoms with van der Waals surface area (Å²) in [5.41, 5.74) is 1.50. The Balaban J connectivity index is 1.41. The minimum atomic E-state index is -4.53. The predicted octanol–water partition coefficient (Wildman–Crippen LogP) is 5.89. The van der Waals surface area contributed by atoms with E-state index in [0.717, 1.165) is 30.0 Å². The average molecular weight is 516 g/mol. The summed E-state index contributed by atoms with van der Waals surface area (Å²) in [7, 11) is 1.73. The molecule has 2 aliphatic heterocycles. The molecule has 2 aromatic carbocycles. The molecule has 3 aromatic rings. The van der Waals surface area contributed by atoms with Crippen molar-refractivity contribution in [2.75, 3.05) is 22.9 Å². The Hall–Kier alpha value is -3.56. The highest BCUT2D eigenvalue weighted by atomic mass is 19.4. The van der Waals surface area contributed by atoms with Crippen LogP contribution in [0.1, 0.15) is 41.5 Å².